The summed E-state index contributed by atoms with van der Waals surface area (Å²) >= 11 is 0. The Kier molecular flexibility index (Phi) is 6.84. The molecular formula is C29H27F2N3O4. The largest absolute Gasteiger partial charge is 0.481 e. The molecule has 196 valence electrons. The number of hydrogen-bond donors (Lipinski definition) is 1. The highest BCUT2D eigenvalue weighted by atomic mass is 19.1. The molecule has 1 saturated heterocycles. The SMILES string of the molecule is O=C(N1CCC(CC(=O)N(c2cccc(F)c2)c2cccc(F)c2)(C(=O)O)CC1)N1CCc2ccccc21. The molecule has 3 aromatic rings. The molecule has 2 aliphatic rings. The predicted octanol–water partition coefficient (Wildman–Crippen LogP) is 5.37. The lowest BCUT2D eigenvalue weighted by Crippen LogP contribution is -2.51. The number of aliphatic carboxylic acids is 1. The summed E-state index contributed by atoms with van der Waals surface area (Å²) in [5.41, 5.74) is 0.875. The van der Waals surface area contributed by atoms with Crippen molar-refractivity contribution < 1.29 is 28.3 Å². The van der Waals surface area contributed by atoms with E-state index in [9.17, 15) is 28.3 Å². The molecule has 5 rings (SSSR count). The van der Waals surface area contributed by atoms with Crippen LogP contribution in [0.4, 0.5) is 30.6 Å². The number of carbonyl (C=O) groups is 3. The quantitative estimate of drug-likeness (QED) is 0.492. The third-order valence-corrected chi connectivity index (χ3v) is 7.43. The zero-order valence-corrected chi connectivity index (χ0v) is 20.6. The van der Waals surface area contributed by atoms with Crippen LogP contribution in [-0.2, 0) is 16.0 Å². The number of urea groups is 1. The van der Waals surface area contributed by atoms with Crippen molar-refractivity contribution in [2.24, 2.45) is 5.41 Å². The minimum atomic E-state index is -1.42. The Bertz CT molecular complexity index is 1340. The van der Waals surface area contributed by atoms with E-state index >= 15 is 0 Å². The first-order valence-electron chi connectivity index (χ1n) is 12.5. The first-order valence-corrected chi connectivity index (χ1v) is 12.5. The molecule has 0 atom stereocenters. The minimum absolute atomic E-state index is 0.0788. The second-order valence-electron chi connectivity index (χ2n) is 9.75. The number of likely N-dealkylation sites (tertiary alicyclic amines) is 1. The molecule has 2 aliphatic heterocycles. The number of amides is 3. The van der Waals surface area contributed by atoms with E-state index in [-0.39, 0.29) is 49.8 Å². The van der Waals surface area contributed by atoms with Crippen LogP contribution in [-0.4, -0.2) is 47.5 Å². The zero-order chi connectivity index (χ0) is 26.9. The van der Waals surface area contributed by atoms with Gasteiger partial charge in [0.05, 0.1) is 16.8 Å². The standard InChI is InChI=1S/C29H27F2N3O4/c30-21-6-3-8-23(17-21)34(24-9-4-7-22(31)18-24)26(35)19-29(27(36)37)12-15-32(16-13-29)28(38)33-14-11-20-5-1-2-10-25(20)33/h1-10,17-18H,11-16,19H2,(H,36,37). The summed E-state index contributed by atoms with van der Waals surface area (Å²) in [5.74, 6) is -2.90. The van der Waals surface area contributed by atoms with Gasteiger partial charge in [-0.3, -0.25) is 19.4 Å². The molecule has 0 aliphatic carbocycles. The number of para-hydroxylation sites is 1. The third-order valence-electron chi connectivity index (χ3n) is 7.43. The number of halogens is 2. The van der Waals surface area contributed by atoms with Crippen molar-refractivity contribution in [2.45, 2.75) is 25.7 Å². The summed E-state index contributed by atoms with van der Waals surface area (Å²) in [6, 6.07) is 18.1. The average Bonchev–Trinajstić information content (AvgIpc) is 3.33. The van der Waals surface area contributed by atoms with Crippen LogP contribution >= 0.6 is 0 Å². The van der Waals surface area contributed by atoms with Crippen molar-refractivity contribution in [1.29, 1.82) is 0 Å². The predicted molar refractivity (Wildman–Crippen MR) is 138 cm³/mol. The van der Waals surface area contributed by atoms with E-state index < -0.39 is 28.9 Å². The highest BCUT2D eigenvalue weighted by Crippen LogP contribution is 2.39. The number of fused-ring (bicyclic) bond motifs is 1. The van der Waals surface area contributed by atoms with E-state index in [4.69, 9.17) is 0 Å². The monoisotopic (exact) mass is 519 g/mol. The van der Waals surface area contributed by atoms with Crippen molar-refractivity contribution in [1.82, 2.24) is 4.90 Å². The Balaban J connectivity index is 1.36. The van der Waals surface area contributed by atoms with Gasteiger partial charge in [-0.15, -0.1) is 0 Å². The number of rotatable bonds is 5. The van der Waals surface area contributed by atoms with Crippen LogP contribution < -0.4 is 9.80 Å². The number of hydrogen-bond acceptors (Lipinski definition) is 3. The van der Waals surface area contributed by atoms with Crippen molar-refractivity contribution in [3.05, 3.63) is 90.0 Å². The lowest BCUT2D eigenvalue weighted by atomic mass is 9.75. The van der Waals surface area contributed by atoms with Gasteiger partial charge in [0, 0.05) is 31.7 Å². The van der Waals surface area contributed by atoms with Crippen LogP contribution in [0.25, 0.3) is 0 Å². The van der Waals surface area contributed by atoms with Gasteiger partial charge in [-0.1, -0.05) is 30.3 Å². The molecule has 2 heterocycles. The lowest BCUT2D eigenvalue weighted by Gasteiger charge is -2.40. The smallest absolute Gasteiger partial charge is 0.324 e. The second-order valence-corrected chi connectivity index (χ2v) is 9.75. The Hall–Kier alpha value is -4.27. The molecule has 38 heavy (non-hydrogen) atoms. The maximum atomic E-state index is 14.0. The van der Waals surface area contributed by atoms with E-state index in [1.165, 1.54) is 36.4 Å². The minimum Gasteiger partial charge on any atom is -0.481 e. The Labute approximate surface area is 218 Å². The zero-order valence-electron chi connectivity index (χ0n) is 20.6. The van der Waals surface area contributed by atoms with Gasteiger partial charge in [0.2, 0.25) is 5.91 Å². The molecule has 0 bridgehead atoms. The molecule has 0 spiro atoms. The fourth-order valence-corrected chi connectivity index (χ4v) is 5.34. The first kappa shape index (κ1) is 25.4. The summed E-state index contributed by atoms with van der Waals surface area (Å²) in [4.78, 5) is 43.9. The van der Waals surface area contributed by atoms with E-state index in [0.29, 0.717) is 6.54 Å². The maximum absolute atomic E-state index is 14.0. The highest BCUT2D eigenvalue weighted by molar-refractivity contribution is 6.02. The topological polar surface area (TPSA) is 81.2 Å². The molecule has 9 heteroatoms. The van der Waals surface area contributed by atoms with E-state index in [1.54, 1.807) is 9.80 Å². The molecule has 1 fully saturated rings. The van der Waals surface area contributed by atoms with Crippen LogP contribution in [0.1, 0.15) is 24.8 Å². The van der Waals surface area contributed by atoms with E-state index in [0.717, 1.165) is 34.7 Å². The number of piperidine rings is 1. The Morgan fingerprint density at radius 2 is 1.45 bits per heavy atom. The number of carboxylic acids is 1. The summed E-state index contributed by atoms with van der Waals surface area (Å²) < 4.78 is 28.1. The van der Waals surface area contributed by atoms with Crippen molar-refractivity contribution in [3.63, 3.8) is 0 Å². The molecule has 0 radical (unpaired) electrons. The molecule has 0 aromatic heterocycles. The molecule has 7 nitrogen and oxygen atoms in total. The fourth-order valence-electron chi connectivity index (χ4n) is 5.34. The normalized spacial score (nSPS) is 16.2. The van der Waals surface area contributed by atoms with Gasteiger partial charge in [-0.25, -0.2) is 13.6 Å². The van der Waals surface area contributed by atoms with Crippen molar-refractivity contribution in [3.8, 4) is 0 Å². The van der Waals surface area contributed by atoms with Gasteiger partial charge < -0.3 is 10.0 Å². The van der Waals surface area contributed by atoms with Crippen molar-refractivity contribution >= 4 is 35.0 Å². The fraction of sp³-hybridized carbons (Fsp3) is 0.276. The summed E-state index contributed by atoms with van der Waals surface area (Å²) in [5, 5.41) is 10.2. The second kappa shape index (κ2) is 10.2. The third kappa shape index (κ3) is 4.83. The van der Waals surface area contributed by atoms with Gasteiger partial charge >= 0.3 is 12.0 Å². The number of carbonyl (C=O) groups excluding carboxylic acids is 2. The molecule has 1 N–H and O–H groups in total. The average molecular weight is 520 g/mol. The summed E-state index contributed by atoms with van der Waals surface area (Å²) in [7, 11) is 0. The molecule has 0 saturated carbocycles. The van der Waals surface area contributed by atoms with E-state index in [2.05, 4.69) is 0 Å². The van der Waals surface area contributed by atoms with Crippen LogP contribution in [0.15, 0.2) is 72.8 Å². The first-order chi connectivity index (χ1) is 18.3. The van der Waals surface area contributed by atoms with Crippen LogP contribution in [0.3, 0.4) is 0 Å². The van der Waals surface area contributed by atoms with E-state index in [1.807, 2.05) is 24.3 Å². The lowest BCUT2D eigenvalue weighted by molar-refractivity contribution is -0.154. The number of nitrogens with zero attached hydrogens (tertiary/aromatic N) is 3. The van der Waals surface area contributed by atoms with Gasteiger partial charge in [0.15, 0.2) is 0 Å². The van der Waals surface area contributed by atoms with Gasteiger partial charge in [0.25, 0.3) is 0 Å². The van der Waals surface area contributed by atoms with Gasteiger partial charge in [-0.2, -0.15) is 0 Å². The molecule has 3 amide bonds. The van der Waals surface area contributed by atoms with Crippen LogP contribution in [0, 0.1) is 17.0 Å². The Morgan fingerprint density at radius 1 is 0.842 bits per heavy atom. The summed E-state index contributed by atoms with van der Waals surface area (Å²) in [6.07, 6.45) is 0.536. The van der Waals surface area contributed by atoms with Crippen LogP contribution in [0.5, 0.6) is 0 Å². The summed E-state index contributed by atoms with van der Waals surface area (Å²) in [6.45, 7) is 0.918. The number of carboxylic acid groups (broad SMARTS) is 1. The molecule has 3 aromatic carbocycles. The highest BCUT2D eigenvalue weighted by Gasteiger charge is 2.46. The van der Waals surface area contributed by atoms with Gasteiger partial charge in [-0.05, 0) is 67.3 Å². The number of anilines is 3. The Morgan fingerprint density at radius 3 is 2.03 bits per heavy atom. The van der Waals surface area contributed by atoms with Crippen LogP contribution in [0.2, 0.25) is 0 Å². The van der Waals surface area contributed by atoms with Gasteiger partial charge in [0.1, 0.15) is 11.6 Å². The maximum Gasteiger partial charge on any atom is 0.324 e. The number of benzene rings is 3. The van der Waals surface area contributed by atoms with Crippen molar-refractivity contribution in [2.75, 3.05) is 29.4 Å². The molecular weight excluding hydrogens is 492 g/mol. The molecule has 0 unspecified atom stereocenters.